The van der Waals surface area contributed by atoms with E-state index in [1.54, 1.807) is 6.08 Å². The maximum absolute atomic E-state index is 13.1. The molecule has 5 heteroatoms. The van der Waals surface area contributed by atoms with Crippen molar-refractivity contribution in [2.24, 2.45) is 4.99 Å². The van der Waals surface area contributed by atoms with Crippen molar-refractivity contribution in [1.82, 2.24) is 0 Å². The number of carbonyl (C=O) groups excluding carboxylic acids is 1. The van der Waals surface area contributed by atoms with E-state index in [0.29, 0.717) is 23.4 Å². The topological polar surface area (TPSA) is 93.5 Å². The van der Waals surface area contributed by atoms with Crippen LogP contribution in [0.3, 0.4) is 0 Å². The van der Waals surface area contributed by atoms with Crippen LogP contribution in [0.2, 0.25) is 0 Å². The van der Waals surface area contributed by atoms with Crippen LogP contribution < -0.4 is 16.8 Å². The number of allylic oxidation sites excluding steroid dienone is 3. The maximum Gasteiger partial charge on any atom is 0.184 e. The molecule has 3 aromatic rings. The van der Waals surface area contributed by atoms with Crippen molar-refractivity contribution >= 4 is 34.2 Å². The molecule has 3 aromatic carbocycles. The predicted molar refractivity (Wildman–Crippen MR) is 143 cm³/mol. The number of aliphatic imine (C=N–C) groups is 1. The first-order valence-corrected chi connectivity index (χ1v) is 11.3. The van der Waals surface area contributed by atoms with Crippen molar-refractivity contribution in [2.45, 2.75) is 34.1 Å². The lowest BCUT2D eigenvalue weighted by molar-refractivity contribution is -0.111. The Labute approximate surface area is 200 Å². The number of carbonyl (C=O) groups is 1. The molecule has 34 heavy (non-hydrogen) atoms. The van der Waals surface area contributed by atoms with Crippen LogP contribution in [0.15, 0.2) is 83.0 Å². The number of benzene rings is 3. The van der Waals surface area contributed by atoms with Crippen molar-refractivity contribution in [2.75, 3.05) is 16.8 Å². The summed E-state index contributed by atoms with van der Waals surface area (Å²) < 4.78 is 0. The molecule has 4 rings (SSSR count). The largest absolute Gasteiger partial charge is 0.399 e. The Morgan fingerprint density at radius 3 is 2.12 bits per heavy atom. The van der Waals surface area contributed by atoms with Gasteiger partial charge in [-0.05, 0) is 91.9 Å². The van der Waals surface area contributed by atoms with Crippen LogP contribution in [0, 0.1) is 27.7 Å². The van der Waals surface area contributed by atoms with E-state index in [-0.39, 0.29) is 5.78 Å². The van der Waals surface area contributed by atoms with Crippen LogP contribution in [0.25, 0.3) is 0 Å². The van der Waals surface area contributed by atoms with Gasteiger partial charge in [0.05, 0.1) is 17.1 Å². The predicted octanol–water partition coefficient (Wildman–Crippen LogP) is 5.90. The standard InChI is InChI=1S/C29H30N4O/c1-17-18(2)24(30)11-10-21(17)14-22-15-27(33-26-13-12-25(31)19(3)20(26)4)28(16-29(22)34)32-23-8-6-5-7-9-23/h5-13,15-16,32H,14,30-31H2,1-4H3. The molecule has 0 saturated carbocycles. The van der Waals surface area contributed by atoms with Crippen molar-refractivity contribution < 1.29 is 4.79 Å². The zero-order chi connectivity index (χ0) is 24.4. The van der Waals surface area contributed by atoms with Crippen LogP contribution in [0.4, 0.5) is 22.7 Å². The number of anilines is 3. The second-order valence-corrected chi connectivity index (χ2v) is 8.74. The minimum atomic E-state index is -0.0310. The van der Waals surface area contributed by atoms with Gasteiger partial charge in [0.15, 0.2) is 5.78 Å². The van der Waals surface area contributed by atoms with Crippen molar-refractivity contribution in [3.63, 3.8) is 0 Å². The van der Waals surface area contributed by atoms with E-state index >= 15 is 0 Å². The number of hydrogen-bond acceptors (Lipinski definition) is 5. The van der Waals surface area contributed by atoms with E-state index in [0.717, 1.165) is 50.6 Å². The zero-order valence-electron chi connectivity index (χ0n) is 20.1. The summed E-state index contributed by atoms with van der Waals surface area (Å²) in [5.41, 5.74) is 22.7. The SMILES string of the molecule is Cc1c(N)ccc(CC2=CC(=Nc3ccc(N)c(C)c3C)C(Nc3ccccc3)=CC2=O)c1C. The Morgan fingerprint density at radius 2 is 1.41 bits per heavy atom. The number of rotatable bonds is 5. The zero-order valence-corrected chi connectivity index (χ0v) is 20.1. The molecule has 0 aliphatic heterocycles. The van der Waals surface area contributed by atoms with Crippen LogP contribution in [0.5, 0.6) is 0 Å². The fraction of sp³-hybridized carbons (Fsp3) is 0.172. The highest BCUT2D eigenvalue weighted by Gasteiger charge is 2.21. The lowest BCUT2D eigenvalue weighted by Gasteiger charge is -2.19. The van der Waals surface area contributed by atoms with Crippen LogP contribution >= 0.6 is 0 Å². The number of nitrogens with one attached hydrogen (secondary N) is 1. The first-order valence-electron chi connectivity index (χ1n) is 11.3. The van der Waals surface area contributed by atoms with Gasteiger partial charge in [-0.3, -0.25) is 4.79 Å². The van der Waals surface area contributed by atoms with E-state index < -0.39 is 0 Å². The van der Waals surface area contributed by atoms with Gasteiger partial charge in [0, 0.05) is 35.1 Å². The smallest absolute Gasteiger partial charge is 0.184 e. The summed E-state index contributed by atoms with van der Waals surface area (Å²) in [5, 5.41) is 3.36. The van der Waals surface area contributed by atoms with Gasteiger partial charge < -0.3 is 16.8 Å². The van der Waals surface area contributed by atoms with Gasteiger partial charge in [-0.15, -0.1) is 0 Å². The summed E-state index contributed by atoms with van der Waals surface area (Å²) >= 11 is 0. The van der Waals surface area contributed by atoms with Crippen molar-refractivity contribution in [1.29, 1.82) is 0 Å². The third-order valence-electron chi connectivity index (χ3n) is 6.60. The molecule has 5 nitrogen and oxygen atoms in total. The number of nitrogens with two attached hydrogens (primary N) is 2. The van der Waals surface area contributed by atoms with Gasteiger partial charge in [0.1, 0.15) is 0 Å². The number of ketones is 1. The molecule has 0 aromatic heterocycles. The molecule has 0 radical (unpaired) electrons. The molecule has 0 amide bonds. The molecular weight excluding hydrogens is 420 g/mol. The molecule has 1 aliphatic carbocycles. The monoisotopic (exact) mass is 450 g/mol. The lowest BCUT2D eigenvalue weighted by Crippen LogP contribution is -2.20. The molecule has 172 valence electrons. The Hall–Kier alpha value is -4.12. The van der Waals surface area contributed by atoms with E-state index in [1.807, 2.05) is 88.4 Å². The highest BCUT2D eigenvalue weighted by Crippen LogP contribution is 2.29. The summed E-state index contributed by atoms with van der Waals surface area (Å²) in [6.45, 7) is 8.05. The Balaban J connectivity index is 1.77. The molecule has 0 fully saturated rings. The molecule has 0 spiro atoms. The van der Waals surface area contributed by atoms with Gasteiger partial charge in [0.2, 0.25) is 0 Å². The molecule has 1 aliphatic rings. The minimum absolute atomic E-state index is 0.0310. The fourth-order valence-electron chi connectivity index (χ4n) is 3.99. The number of hydrogen-bond donors (Lipinski definition) is 3. The Kier molecular flexibility index (Phi) is 6.37. The molecule has 0 saturated heterocycles. The van der Waals surface area contributed by atoms with Crippen LogP contribution in [0.1, 0.15) is 27.8 Å². The highest BCUT2D eigenvalue weighted by molar-refractivity contribution is 6.23. The van der Waals surface area contributed by atoms with Crippen LogP contribution in [-0.4, -0.2) is 11.5 Å². The molecule has 0 atom stereocenters. The first-order chi connectivity index (χ1) is 16.2. The molecule has 0 bridgehead atoms. The fourth-order valence-corrected chi connectivity index (χ4v) is 3.99. The molecular formula is C29H30N4O. The third kappa shape index (κ3) is 4.64. The molecule has 0 unspecified atom stereocenters. The minimum Gasteiger partial charge on any atom is -0.399 e. The second-order valence-electron chi connectivity index (χ2n) is 8.74. The average molecular weight is 451 g/mol. The van der Waals surface area contributed by atoms with Gasteiger partial charge in [-0.2, -0.15) is 0 Å². The third-order valence-corrected chi connectivity index (χ3v) is 6.60. The summed E-state index contributed by atoms with van der Waals surface area (Å²) in [4.78, 5) is 18.1. The van der Waals surface area contributed by atoms with E-state index in [4.69, 9.17) is 16.5 Å². The van der Waals surface area contributed by atoms with E-state index in [9.17, 15) is 4.79 Å². The molecule has 5 N–H and O–H groups in total. The number of nitrogen functional groups attached to an aromatic ring is 2. The van der Waals surface area contributed by atoms with Gasteiger partial charge >= 0.3 is 0 Å². The van der Waals surface area contributed by atoms with Gasteiger partial charge in [0.25, 0.3) is 0 Å². The molecule has 0 heterocycles. The van der Waals surface area contributed by atoms with E-state index in [1.165, 1.54) is 0 Å². The van der Waals surface area contributed by atoms with E-state index in [2.05, 4.69) is 5.32 Å². The normalized spacial score (nSPS) is 14.7. The summed E-state index contributed by atoms with van der Waals surface area (Å²) in [7, 11) is 0. The highest BCUT2D eigenvalue weighted by atomic mass is 16.1. The summed E-state index contributed by atoms with van der Waals surface area (Å²) in [6, 6.07) is 17.5. The summed E-state index contributed by atoms with van der Waals surface area (Å²) in [6.07, 6.45) is 4.05. The summed E-state index contributed by atoms with van der Waals surface area (Å²) in [5.74, 6) is -0.0310. The lowest BCUT2D eigenvalue weighted by atomic mass is 9.91. The average Bonchev–Trinajstić information content (AvgIpc) is 2.83. The Morgan fingerprint density at radius 1 is 0.765 bits per heavy atom. The Bertz CT molecular complexity index is 1360. The van der Waals surface area contributed by atoms with Gasteiger partial charge in [-0.1, -0.05) is 24.3 Å². The van der Waals surface area contributed by atoms with Crippen LogP contribution in [-0.2, 0) is 11.2 Å². The second kappa shape index (κ2) is 9.40. The maximum atomic E-state index is 13.1. The van der Waals surface area contributed by atoms with Crippen molar-refractivity contribution in [3.05, 3.63) is 106 Å². The van der Waals surface area contributed by atoms with Crippen molar-refractivity contribution in [3.8, 4) is 0 Å². The van der Waals surface area contributed by atoms with Gasteiger partial charge in [-0.25, -0.2) is 4.99 Å². The number of nitrogens with zero attached hydrogens (tertiary/aromatic N) is 1. The first kappa shape index (κ1) is 23.1. The number of para-hydroxylation sites is 1. The quantitative estimate of drug-likeness (QED) is 0.333.